The van der Waals surface area contributed by atoms with Gasteiger partial charge in [0.05, 0.1) is 11.5 Å². The van der Waals surface area contributed by atoms with Gasteiger partial charge in [0.2, 0.25) is 0 Å². The molecule has 0 saturated carbocycles. The van der Waals surface area contributed by atoms with Crippen molar-refractivity contribution in [1.82, 2.24) is 10.9 Å². The smallest absolute Gasteiger partial charge is 0.279 e. The Bertz CT molecular complexity index is 1030. The lowest BCUT2D eigenvalue weighted by Gasteiger charge is -2.11. The molecule has 0 spiro atoms. The van der Waals surface area contributed by atoms with Gasteiger partial charge in [-0.3, -0.25) is 20.4 Å². The number of nitrogens with one attached hydrogen (secondary N) is 2. The fraction of sp³-hybridized carbons (Fsp3) is 0.182. The summed E-state index contributed by atoms with van der Waals surface area (Å²) in [6.45, 7) is 3.92. The van der Waals surface area contributed by atoms with Crippen LogP contribution in [0.1, 0.15) is 22.2 Å². The molecule has 2 aromatic carbocycles. The number of amides is 2. The summed E-state index contributed by atoms with van der Waals surface area (Å²) in [7, 11) is 0. The number of thiophene rings is 1. The van der Waals surface area contributed by atoms with Crippen LogP contribution in [-0.2, 0) is 4.79 Å². The van der Waals surface area contributed by atoms with Gasteiger partial charge in [-0.1, -0.05) is 24.3 Å². The topological polar surface area (TPSA) is 76.7 Å². The summed E-state index contributed by atoms with van der Waals surface area (Å²) in [4.78, 5) is 25.7. The first-order valence-electron chi connectivity index (χ1n) is 9.28. The molecule has 0 bridgehead atoms. The summed E-state index contributed by atoms with van der Waals surface area (Å²) >= 11 is 1.26. The summed E-state index contributed by atoms with van der Waals surface area (Å²) in [5.74, 6) is -0.293. The molecule has 156 valence electrons. The third-order valence-electron chi connectivity index (χ3n) is 4.07. The van der Waals surface area contributed by atoms with Gasteiger partial charge in [-0.25, -0.2) is 4.39 Å². The zero-order valence-electron chi connectivity index (χ0n) is 16.5. The summed E-state index contributed by atoms with van der Waals surface area (Å²) in [6.07, 6.45) is 0. The maximum absolute atomic E-state index is 13.1. The minimum Gasteiger partial charge on any atom is -0.490 e. The second-order valence-corrected chi connectivity index (χ2v) is 7.35. The molecular weight excluding hydrogens is 407 g/mol. The van der Waals surface area contributed by atoms with E-state index >= 15 is 0 Å². The number of para-hydroxylation sites is 2. The average Bonchev–Trinajstić information content (AvgIpc) is 3.14. The second kappa shape index (κ2) is 9.89. The van der Waals surface area contributed by atoms with E-state index < -0.39 is 11.8 Å². The van der Waals surface area contributed by atoms with Crippen LogP contribution in [0.3, 0.4) is 0 Å². The SMILES string of the molecule is CCOc1ccccc1OCC(=O)NNC(=O)c1cc(C)c(-c2ccc(F)cc2)s1. The van der Waals surface area contributed by atoms with Gasteiger partial charge in [0.1, 0.15) is 5.82 Å². The lowest BCUT2D eigenvalue weighted by molar-refractivity contribution is -0.123. The molecule has 8 heteroatoms. The molecule has 0 aliphatic heterocycles. The Hall–Kier alpha value is -3.39. The van der Waals surface area contributed by atoms with Gasteiger partial charge >= 0.3 is 0 Å². The Morgan fingerprint density at radius 1 is 1.00 bits per heavy atom. The van der Waals surface area contributed by atoms with Crippen molar-refractivity contribution in [2.75, 3.05) is 13.2 Å². The van der Waals surface area contributed by atoms with E-state index in [1.54, 1.807) is 42.5 Å². The van der Waals surface area contributed by atoms with Crippen molar-refractivity contribution in [2.45, 2.75) is 13.8 Å². The zero-order chi connectivity index (χ0) is 21.5. The van der Waals surface area contributed by atoms with Crippen molar-refractivity contribution in [1.29, 1.82) is 0 Å². The summed E-state index contributed by atoms with van der Waals surface area (Å²) in [5, 5.41) is 0. The minimum absolute atomic E-state index is 0.283. The Morgan fingerprint density at radius 2 is 1.67 bits per heavy atom. The Balaban J connectivity index is 1.55. The minimum atomic E-state index is -0.512. The first-order valence-corrected chi connectivity index (χ1v) is 10.1. The number of hydrogen-bond acceptors (Lipinski definition) is 5. The van der Waals surface area contributed by atoms with Crippen LogP contribution in [0, 0.1) is 12.7 Å². The number of ether oxygens (including phenoxy) is 2. The normalized spacial score (nSPS) is 10.4. The molecule has 0 aliphatic carbocycles. The van der Waals surface area contributed by atoms with E-state index in [-0.39, 0.29) is 12.4 Å². The van der Waals surface area contributed by atoms with E-state index in [2.05, 4.69) is 10.9 Å². The van der Waals surface area contributed by atoms with Crippen molar-refractivity contribution >= 4 is 23.2 Å². The summed E-state index contributed by atoms with van der Waals surface area (Å²) in [6, 6.07) is 14.8. The molecule has 1 heterocycles. The summed E-state index contributed by atoms with van der Waals surface area (Å²) in [5.41, 5.74) is 6.42. The molecule has 2 N–H and O–H groups in total. The van der Waals surface area contributed by atoms with Crippen LogP contribution in [0.2, 0.25) is 0 Å². The van der Waals surface area contributed by atoms with Crippen molar-refractivity contribution in [3.05, 3.63) is 70.9 Å². The predicted molar refractivity (Wildman–Crippen MR) is 113 cm³/mol. The molecule has 0 fully saturated rings. The predicted octanol–water partition coefficient (Wildman–Crippen LogP) is 4.10. The summed E-state index contributed by atoms with van der Waals surface area (Å²) < 4.78 is 24.0. The lowest BCUT2D eigenvalue weighted by atomic mass is 10.1. The highest BCUT2D eigenvalue weighted by atomic mass is 32.1. The number of hydrogen-bond donors (Lipinski definition) is 2. The van der Waals surface area contributed by atoms with Crippen LogP contribution in [-0.4, -0.2) is 25.0 Å². The van der Waals surface area contributed by atoms with Gasteiger partial charge in [0, 0.05) is 4.88 Å². The number of benzene rings is 2. The molecule has 0 saturated heterocycles. The van der Waals surface area contributed by atoms with Gasteiger partial charge in [0.15, 0.2) is 18.1 Å². The third-order valence-corrected chi connectivity index (χ3v) is 5.36. The molecule has 0 aliphatic rings. The van der Waals surface area contributed by atoms with Crippen LogP contribution >= 0.6 is 11.3 Å². The quantitative estimate of drug-likeness (QED) is 0.556. The van der Waals surface area contributed by atoms with Crippen LogP contribution in [0.25, 0.3) is 10.4 Å². The molecule has 0 unspecified atom stereocenters. The number of carbonyl (C=O) groups is 2. The largest absolute Gasteiger partial charge is 0.490 e. The third kappa shape index (κ3) is 5.36. The molecule has 3 rings (SSSR count). The van der Waals surface area contributed by atoms with E-state index in [4.69, 9.17) is 9.47 Å². The monoisotopic (exact) mass is 428 g/mol. The molecule has 30 heavy (non-hydrogen) atoms. The number of aryl methyl sites for hydroxylation is 1. The first kappa shape index (κ1) is 21.3. The molecule has 1 aromatic heterocycles. The highest BCUT2D eigenvalue weighted by molar-refractivity contribution is 7.17. The Labute approximate surface area is 177 Å². The highest BCUT2D eigenvalue weighted by Gasteiger charge is 2.15. The molecule has 0 atom stereocenters. The molecule has 0 radical (unpaired) electrons. The van der Waals surface area contributed by atoms with Crippen LogP contribution in [0.15, 0.2) is 54.6 Å². The number of hydrazine groups is 1. The molecule has 3 aromatic rings. The van der Waals surface area contributed by atoms with E-state index in [1.807, 2.05) is 13.8 Å². The number of halogens is 1. The highest BCUT2D eigenvalue weighted by Crippen LogP contribution is 2.32. The van der Waals surface area contributed by atoms with Crippen molar-refractivity contribution in [3.8, 4) is 21.9 Å². The first-order chi connectivity index (χ1) is 14.5. The van der Waals surface area contributed by atoms with E-state index in [0.29, 0.717) is 23.0 Å². The van der Waals surface area contributed by atoms with E-state index in [0.717, 1.165) is 16.0 Å². The number of carbonyl (C=O) groups excluding carboxylic acids is 2. The van der Waals surface area contributed by atoms with Gasteiger partial charge < -0.3 is 9.47 Å². The maximum Gasteiger partial charge on any atom is 0.279 e. The fourth-order valence-electron chi connectivity index (χ4n) is 2.69. The lowest BCUT2D eigenvalue weighted by Crippen LogP contribution is -2.43. The van der Waals surface area contributed by atoms with E-state index in [1.165, 1.54) is 23.5 Å². The van der Waals surface area contributed by atoms with Gasteiger partial charge in [-0.15, -0.1) is 11.3 Å². The fourth-order valence-corrected chi connectivity index (χ4v) is 3.77. The maximum atomic E-state index is 13.1. The average molecular weight is 428 g/mol. The van der Waals surface area contributed by atoms with Gasteiger partial charge in [-0.2, -0.15) is 0 Å². The van der Waals surface area contributed by atoms with Gasteiger partial charge in [0.25, 0.3) is 11.8 Å². The van der Waals surface area contributed by atoms with Crippen molar-refractivity contribution in [3.63, 3.8) is 0 Å². The zero-order valence-corrected chi connectivity index (χ0v) is 17.3. The van der Waals surface area contributed by atoms with Crippen molar-refractivity contribution < 1.29 is 23.5 Å². The van der Waals surface area contributed by atoms with Crippen LogP contribution < -0.4 is 20.3 Å². The molecule has 2 amide bonds. The number of rotatable bonds is 7. The molecule has 6 nitrogen and oxygen atoms in total. The molecular formula is C22H21FN2O4S. The van der Waals surface area contributed by atoms with Gasteiger partial charge in [-0.05, 0) is 55.3 Å². The van der Waals surface area contributed by atoms with Crippen LogP contribution in [0.4, 0.5) is 4.39 Å². The Kier molecular flexibility index (Phi) is 7.03. The second-order valence-electron chi connectivity index (χ2n) is 6.30. The Morgan fingerprint density at radius 3 is 2.33 bits per heavy atom. The standard InChI is InChI=1S/C22H21FN2O4S/c1-3-28-17-6-4-5-7-18(17)29-13-20(26)24-25-22(27)19-12-14(2)21(30-19)15-8-10-16(23)11-9-15/h4-12H,3,13H2,1-2H3,(H,24,26)(H,25,27). The van der Waals surface area contributed by atoms with Crippen molar-refractivity contribution in [2.24, 2.45) is 0 Å². The van der Waals surface area contributed by atoms with Crippen LogP contribution in [0.5, 0.6) is 11.5 Å². The van der Waals surface area contributed by atoms with E-state index in [9.17, 15) is 14.0 Å².